The second kappa shape index (κ2) is 4.98. The highest BCUT2D eigenvalue weighted by Gasteiger charge is 2.19. The molecule has 0 aliphatic heterocycles. The molecule has 2 N–H and O–H groups in total. The summed E-state index contributed by atoms with van der Waals surface area (Å²) in [4.78, 5) is 0. The van der Waals surface area contributed by atoms with E-state index in [4.69, 9.17) is 15.2 Å². The van der Waals surface area contributed by atoms with Crippen LogP contribution in [0.3, 0.4) is 0 Å². The minimum Gasteiger partial charge on any atom is -0.496 e. The molecule has 0 fully saturated rings. The van der Waals surface area contributed by atoms with E-state index in [2.05, 4.69) is 0 Å². The van der Waals surface area contributed by atoms with Crippen LogP contribution in [0.25, 0.3) is 0 Å². The minimum atomic E-state index is -0.395. The second-order valence-corrected chi connectivity index (χ2v) is 3.33. The van der Waals surface area contributed by atoms with Crippen LogP contribution in [0.15, 0.2) is 12.1 Å². The molecule has 4 heteroatoms. The molecule has 0 spiro atoms. The summed E-state index contributed by atoms with van der Waals surface area (Å²) in [7, 11) is 2.98. The Morgan fingerprint density at radius 2 is 2.00 bits per heavy atom. The Morgan fingerprint density at radius 1 is 1.33 bits per heavy atom. The van der Waals surface area contributed by atoms with E-state index in [1.54, 1.807) is 13.2 Å². The lowest BCUT2D eigenvalue weighted by molar-refractivity contribution is 0.361. The van der Waals surface area contributed by atoms with Gasteiger partial charge in [0, 0.05) is 11.5 Å². The van der Waals surface area contributed by atoms with Crippen molar-refractivity contribution in [2.45, 2.75) is 12.8 Å². The Bertz CT molecular complexity index is 342. The van der Waals surface area contributed by atoms with Gasteiger partial charge in [0.05, 0.1) is 14.2 Å². The average Bonchev–Trinajstić information content (AvgIpc) is 2.27. The molecular weight excluding hydrogens is 197 g/mol. The van der Waals surface area contributed by atoms with Crippen molar-refractivity contribution < 1.29 is 13.9 Å². The fourth-order valence-corrected chi connectivity index (χ4v) is 1.52. The van der Waals surface area contributed by atoms with Crippen LogP contribution in [-0.2, 0) is 0 Å². The Kier molecular flexibility index (Phi) is 3.91. The summed E-state index contributed by atoms with van der Waals surface area (Å²) in [5.74, 6) is 0.415. The van der Waals surface area contributed by atoms with Gasteiger partial charge in [0.1, 0.15) is 5.75 Å². The molecule has 0 saturated heterocycles. The topological polar surface area (TPSA) is 44.5 Å². The maximum Gasteiger partial charge on any atom is 0.165 e. The Morgan fingerprint density at radius 3 is 2.47 bits per heavy atom. The third-order valence-electron chi connectivity index (χ3n) is 2.38. The van der Waals surface area contributed by atoms with Crippen molar-refractivity contribution in [3.8, 4) is 11.5 Å². The van der Waals surface area contributed by atoms with Gasteiger partial charge in [-0.1, -0.05) is 6.92 Å². The van der Waals surface area contributed by atoms with Crippen LogP contribution in [0.1, 0.15) is 18.4 Å². The number of nitrogens with two attached hydrogens (primary N) is 1. The quantitative estimate of drug-likeness (QED) is 0.830. The Balaban J connectivity index is 3.33. The zero-order chi connectivity index (χ0) is 11.4. The molecule has 0 aliphatic rings. The zero-order valence-corrected chi connectivity index (χ0v) is 9.21. The number of benzene rings is 1. The van der Waals surface area contributed by atoms with Crippen molar-refractivity contribution in [1.29, 1.82) is 0 Å². The highest BCUT2D eigenvalue weighted by molar-refractivity contribution is 5.48. The Labute approximate surface area is 89.0 Å². The molecule has 0 aromatic heterocycles. The zero-order valence-electron chi connectivity index (χ0n) is 9.21. The normalized spacial score (nSPS) is 12.3. The minimum absolute atomic E-state index is 0.00870. The number of ether oxygens (including phenoxy) is 2. The van der Waals surface area contributed by atoms with E-state index in [1.165, 1.54) is 13.2 Å². The first-order valence-electron chi connectivity index (χ1n) is 4.76. The number of methoxy groups -OCH3 is 2. The number of hydrogen-bond donors (Lipinski definition) is 1. The lowest BCUT2D eigenvalue weighted by Gasteiger charge is -2.17. The third kappa shape index (κ3) is 2.21. The molecule has 0 bridgehead atoms. The molecule has 0 saturated carbocycles. The van der Waals surface area contributed by atoms with E-state index in [1.807, 2.05) is 6.92 Å². The first kappa shape index (κ1) is 11.8. The first-order chi connectivity index (χ1) is 7.15. The summed E-state index contributed by atoms with van der Waals surface area (Å²) in [5, 5.41) is 0. The Hall–Kier alpha value is -1.29. The molecule has 0 radical (unpaired) electrons. The number of halogens is 1. The maximum atomic E-state index is 13.4. The van der Waals surface area contributed by atoms with Crippen molar-refractivity contribution in [3.63, 3.8) is 0 Å². The van der Waals surface area contributed by atoms with Crippen LogP contribution in [0.2, 0.25) is 0 Å². The van der Waals surface area contributed by atoms with Crippen LogP contribution in [-0.4, -0.2) is 20.8 Å². The van der Waals surface area contributed by atoms with E-state index >= 15 is 0 Å². The summed E-state index contributed by atoms with van der Waals surface area (Å²) in [6, 6.07) is 2.91. The van der Waals surface area contributed by atoms with E-state index < -0.39 is 5.82 Å². The maximum absolute atomic E-state index is 13.4. The van der Waals surface area contributed by atoms with Gasteiger partial charge in [0.25, 0.3) is 0 Å². The summed E-state index contributed by atoms with van der Waals surface area (Å²) >= 11 is 0. The van der Waals surface area contributed by atoms with E-state index in [9.17, 15) is 4.39 Å². The van der Waals surface area contributed by atoms with Crippen molar-refractivity contribution in [1.82, 2.24) is 0 Å². The van der Waals surface area contributed by atoms with Crippen LogP contribution in [0.5, 0.6) is 11.5 Å². The molecule has 84 valence electrons. The van der Waals surface area contributed by atoms with Crippen LogP contribution in [0, 0.1) is 5.82 Å². The van der Waals surface area contributed by atoms with Gasteiger partial charge in [-0.05, 0) is 18.7 Å². The number of hydrogen-bond acceptors (Lipinski definition) is 3. The van der Waals surface area contributed by atoms with Crippen LogP contribution in [0.4, 0.5) is 4.39 Å². The smallest absolute Gasteiger partial charge is 0.165 e. The van der Waals surface area contributed by atoms with Crippen LogP contribution < -0.4 is 15.2 Å². The summed E-state index contributed by atoms with van der Waals surface area (Å²) in [6.07, 6.45) is 0. The van der Waals surface area contributed by atoms with Gasteiger partial charge in [-0.25, -0.2) is 4.39 Å². The molecule has 1 unspecified atom stereocenters. The molecule has 1 rings (SSSR count). The predicted molar refractivity (Wildman–Crippen MR) is 57.0 cm³/mol. The molecule has 0 heterocycles. The highest BCUT2D eigenvalue weighted by atomic mass is 19.1. The molecule has 0 aliphatic carbocycles. The van der Waals surface area contributed by atoms with E-state index in [-0.39, 0.29) is 11.7 Å². The molecule has 15 heavy (non-hydrogen) atoms. The lowest BCUT2D eigenvalue weighted by atomic mass is 9.99. The largest absolute Gasteiger partial charge is 0.496 e. The molecule has 0 amide bonds. The van der Waals surface area contributed by atoms with Crippen molar-refractivity contribution in [2.24, 2.45) is 5.73 Å². The summed E-state index contributed by atoms with van der Waals surface area (Å²) < 4.78 is 23.6. The van der Waals surface area contributed by atoms with Gasteiger partial charge in [0.15, 0.2) is 11.6 Å². The molecule has 3 nitrogen and oxygen atoms in total. The average molecular weight is 213 g/mol. The highest BCUT2D eigenvalue weighted by Crippen LogP contribution is 2.36. The molecule has 1 aromatic rings. The van der Waals surface area contributed by atoms with Crippen molar-refractivity contribution >= 4 is 0 Å². The van der Waals surface area contributed by atoms with E-state index in [0.29, 0.717) is 17.9 Å². The van der Waals surface area contributed by atoms with E-state index in [0.717, 1.165) is 0 Å². The number of rotatable bonds is 4. The van der Waals surface area contributed by atoms with Crippen molar-refractivity contribution in [2.75, 3.05) is 20.8 Å². The van der Waals surface area contributed by atoms with Gasteiger partial charge in [-0.3, -0.25) is 0 Å². The van der Waals surface area contributed by atoms with Gasteiger partial charge in [-0.2, -0.15) is 0 Å². The standard InChI is InChI=1S/C11H16FNO2/c1-7(6-13)10-9(14-2)5-4-8(12)11(10)15-3/h4-5,7H,6,13H2,1-3H3. The second-order valence-electron chi connectivity index (χ2n) is 3.33. The predicted octanol–water partition coefficient (Wildman–Crippen LogP) is 1.91. The molecular formula is C11H16FNO2. The molecule has 1 atom stereocenters. The first-order valence-corrected chi connectivity index (χ1v) is 4.76. The summed E-state index contributed by atoms with van der Waals surface area (Å²) in [5.41, 5.74) is 6.25. The third-order valence-corrected chi connectivity index (χ3v) is 2.38. The van der Waals surface area contributed by atoms with Crippen LogP contribution >= 0.6 is 0 Å². The monoisotopic (exact) mass is 213 g/mol. The van der Waals surface area contributed by atoms with Gasteiger partial charge in [-0.15, -0.1) is 0 Å². The summed E-state index contributed by atoms with van der Waals surface area (Å²) in [6.45, 7) is 2.32. The SMILES string of the molecule is COc1ccc(F)c(OC)c1C(C)CN. The van der Waals surface area contributed by atoms with Gasteiger partial charge in [0.2, 0.25) is 0 Å². The fraction of sp³-hybridized carbons (Fsp3) is 0.455. The van der Waals surface area contributed by atoms with Gasteiger partial charge >= 0.3 is 0 Å². The fourth-order valence-electron chi connectivity index (χ4n) is 1.52. The van der Waals surface area contributed by atoms with Gasteiger partial charge < -0.3 is 15.2 Å². The lowest BCUT2D eigenvalue weighted by Crippen LogP contribution is -2.12. The molecule has 1 aromatic carbocycles. The van der Waals surface area contributed by atoms with Crippen molar-refractivity contribution in [3.05, 3.63) is 23.5 Å².